The van der Waals surface area contributed by atoms with Gasteiger partial charge in [0.05, 0.1) is 45.7 Å². The first-order valence-electron chi connectivity index (χ1n) is 18.1. The molecular weight excluding hydrogens is 796 g/mol. The smallest absolute Gasteiger partial charge is 0.366 e. The summed E-state index contributed by atoms with van der Waals surface area (Å²) in [4.78, 5) is 38.0. The van der Waals surface area contributed by atoms with E-state index in [0.29, 0.717) is 0 Å². The van der Waals surface area contributed by atoms with Gasteiger partial charge in [0, 0.05) is 20.3 Å². The standard InChI is InChI=1S/C32H54N2O24/c1-9(39)33-16-11(41)4-32(31(50)51-3,57-26(16)18(43)12(42)5-35)58-27-23(48)30(55-24-14(7-37)52-28(49)22(47)21(24)46)54-15(8-38)25(27)56-29-17(34-10(2)40)20(45)19(44)13(6-36)53-29/h11-30,35-38,41-49H,4-8H2,1-3H3,(H,33,39)(H,34,40)/t11-,12+,13+,14+,15+,16+,17+,18+,19-,20+,21+,22+,23+,24+,25-,26+,27+,28+,29-,30-,32-/m0/s1. The molecule has 0 bridgehead atoms. The van der Waals surface area contributed by atoms with Crippen molar-refractivity contribution in [3.05, 3.63) is 0 Å². The van der Waals surface area contributed by atoms with Crippen LogP contribution in [0.1, 0.15) is 20.3 Å². The number of aliphatic hydroxyl groups is 13. The van der Waals surface area contributed by atoms with Gasteiger partial charge in [-0.15, -0.1) is 0 Å². The van der Waals surface area contributed by atoms with E-state index in [9.17, 15) is 80.8 Å². The van der Waals surface area contributed by atoms with Crippen LogP contribution in [0.5, 0.6) is 0 Å². The lowest BCUT2D eigenvalue weighted by molar-refractivity contribution is -0.400. The normalized spacial score (nSPS) is 44.5. The largest absolute Gasteiger partial charge is 0.465 e. The van der Waals surface area contributed by atoms with Crippen molar-refractivity contribution in [3.63, 3.8) is 0 Å². The number of amides is 2. The monoisotopic (exact) mass is 850 g/mol. The van der Waals surface area contributed by atoms with E-state index >= 15 is 0 Å². The number of esters is 1. The van der Waals surface area contributed by atoms with Gasteiger partial charge in [-0.1, -0.05) is 0 Å². The maximum atomic E-state index is 13.7. The topological polar surface area (TPSA) is 412 Å². The summed E-state index contributed by atoms with van der Waals surface area (Å²) in [5.41, 5.74) is 0. The second kappa shape index (κ2) is 20.4. The summed E-state index contributed by atoms with van der Waals surface area (Å²) in [6, 6.07) is -3.26. The van der Waals surface area contributed by atoms with E-state index in [4.69, 9.17) is 37.9 Å². The lowest BCUT2D eigenvalue weighted by Crippen LogP contribution is -2.72. The molecule has 4 aliphatic rings. The summed E-state index contributed by atoms with van der Waals surface area (Å²) in [5.74, 6) is -6.05. The molecule has 4 rings (SSSR count). The molecule has 0 radical (unpaired) electrons. The van der Waals surface area contributed by atoms with Crippen LogP contribution in [0, 0.1) is 0 Å². The second-order valence-electron chi connectivity index (χ2n) is 14.2. The number of carbonyl (C=O) groups is 3. The third-order valence-corrected chi connectivity index (χ3v) is 10.2. The lowest BCUT2D eigenvalue weighted by Gasteiger charge is -2.52. The minimum Gasteiger partial charge on any atom is -0.465 e. The third kappa shape index (κ3) is 10.2. The van der Waals surface area contributed by atoms with E-state index in [2.05, 4.69) is 10.6 Å². The Morgan fingerprint density at radius 3 is 1.79 bits per heavy atom. The summed E-state index contributed by atoms with van der Waals surface area (Å²) >= 11 is 0. The fourth-order valence-corrected chi connectivity index (χ4v) is 7.20. The maximum Gasteiger partial charge on any atom is 0.366 e. The van der Waals surface area contributed by atoms with Crippen molar-refractivity contribution in [3.8, 4) is 0 Å². The lowest BCUT2D eigenvalue weighted by atomic mass is 9.88. The summed E-state index contributed by atoms with van der Waals surface area (Å²) < 4.78 is 45.3. The Kier molecular flexibility index (Phi) is 17.0. The molecule has 4 fully saturated rings. The predicted octanol–water partition coefficient (Wildman–Crippen LogP) is -10.2. The average molecular weight is 851 g/mol. The van der Waals surface area contributed by atoms with E-state index in [1.807, 2.05) is 0 Å². The van der Waals surface area contributed by atoms with Gasteiger partial charge in [-0.3, -0.25) is 9.59 Å². The molecule has 26 nitrogen and oxygen atoms in total. The highest BCUT2D eigenvalue weighted by Crippen LogP contribution is 2.40. The first-order chi connectivity index (χ1) is 27.3. The van der Waals surface area contributed by atoms with Crippen LogP contribution in [0.4, 0.5) is 0 Å². The summed E-state index contributed by atoms with van der Waals surface area (Å²) in [5, 5.41) is 142. The number of nitrogens with one attached hydrogen (secondary N) is 2. The number of ether oxygens (including phenoxy) is 8. The number of hydrogen-bond acceptors (Lipinski definition) is 24. The predicted molar refractivity (Wildman–Crippen MR) is 179 cm³/mol. The first kappa shape index (κ1) is 48.3. The van der Waals surface area contributed by atoms with Crippen LogP contribution in [-0.4, -0.2) is 246 Å². The SMILES string of the molecule is COC(=O)[C@@]1(O[C@@H]2[C@@H](O)[C@H](O[C@H]3[C@H](O)[C@@H](O)[C@H](O)O[C@@H]3CO)O[C@H](CO)[C@@H]2O[C@@H]2O[C@H](CO)[C@H](O)[C@H](O)[C@H]2NC(C)=O)C[C@H](O)[C@@H](NC(C)=O)[C@H]([C@H](O)[C@H](O)CO)O1. The van der Waals surface area contributed by atoms with Crippen molar-refractivity contribution in [1.82, 2.24) is 10.6 Å². The Morgan fingerprint density at radius 2 is 1.24 bits per heavy atom. The Bertz CT molecular complexity index is 1370. The Morgan fingerprint density at radius 1 is 0.690 bits per heavy atom. The highest BCUT2D eigenvalue weighted by molar-refractivity contribution is 5.78. The van der Waals surface area contributed by atoms with Crippen molar-refractivity contribution in [2.75, 3.05) is 33.5 Å². The van der Waals surface area contributed by atoms with Gasteiger partial charge in [0.1, 0.15) is 91.5 Å². The van der Waals surface area contributed by atoms with Gasteiger partial charge in [-0.25, -0.2) is 4.79 Å². The molecule has 4 saturated heterocycles. The molecule has 0 saturated carbocycles. The molecule has 4 heterocycles. The van der Waals surface area contributed by atoms with Gasteiger partial charge < -0.3 is 115 Å². The molecular formula is C32H54N2O24. The van der Waals surface area contributed by atoms with Gasteiger partial charge >= 0.3 is 5.97 Å². The van der Waals surface area contributed by atoms with Crippen molar-refractivity contribution in [2.45, 2.75) is 149 Å². The molecule has 0 aromatic heterocycles. The average Bonchev–Trinajstić information content (AvgIpc) is 3.19. The van der Waals surface area contributed by atoms with Crippen molar-refractivity contribution in [2.24, 2.45) is 0 Å². The minimum atomic E-state index is -2.99. The van der Waals surface area contributed by atoms with Gasteiger partial charge in [-0.2, -0.15) is 0 Å². The number of aliphatic hydroxyl groups excluding tert-OH is 13. The van der Waals surface area contributed by atoms with Crippen molar-refractivity contribution in [1.29, 1.82) is 0 Å². The quantitative estimate of drug-likeness (QED) is 0.0680. The Balaban J connectivity index is 1.84. The minimum absolute atomic E-state index is 0.781. The summed E-state index contributed by atoms with van der Waals surface area (Å²) in [6.07, 6.45) is -36.2. The molecule has 26 heteroatoms. The molecule has 0 aromatic carbocycles. The van der Waals surface area contributed by atoms with Crippen LogP contribution >= 0.6 is 0 Å². The van der Waals surface area contributed by atoms with Crippen LogP contribution in [0.25, 0.3) is 0 Å². The first-order valence-corrected chi connectivity index (χ1v) is 18.1. The zero-order valence-electron chi connectivity index (χ0n) is 31.4. The van der Waals surface area contributed by atoms with Crippen LogP contribution < -0.4 is 10.6 Å². The molecule has 15 N–H and O–H groups in total. The highest BCUT2D eigenvalue weighted by atomic mass is 16.8. The molecule has 58 heavy (non-hydrogen) atoms. The molecule has 21 atom stereocenters. The maximum absolute atomic E-state index is 13.7. The van der Waals surface area contributed by atoms with Crippen LogP contribution in [0.2, 0.25) is 0 Å². The van der Waals surface area contributed by atoms with E-state index in [-0.39, 0.29) is 0 Å². The van der Waals surface area contributed by atoms with Crippen LogP contribution in [0.15, 0.2) is 0 Å². The third-order valence-electron chi connectivity index (χ3n) is 10.2. The van der Waals surface area contributed by atoms with Gasteiger partial charge in [0.15, 0.2) is 18.9 Å². The number of rotatable bonds is 15. The molecule has 2 amide bonds. The zero-order chi connectivity index (χ0) is 43.4. The van der Waals surface area contributed by atoms with Gasteiger partial charge in [0.2, 0.25) is 11.8 Å². The van der Waals surface area contributed by atoms with Crippen molar-refractivity contribution >= 4 is 17.8 Å². The number of methoxy groups -OCH3 is 1. The number of hydrogen-bond donors (Lipinski definition) is 15. The van der Waals surface area contributed by atoms with Crippen LogP contribution in [-0.2, 0) is 52.3 Å². The molecule has 336 valence electrons. The van der Waals surface area contributed by atoms with E-state index < -0.39 is 179 Å². The summed E-state index contributed by atoms with van der Waals surface area (Å²) in [6.45, 7) is -1.98. The Hall–Kier alpha value is -2.39. The number of carbonyl (C=O) groups excluding carboxylic acids is 3. The van der Waals surface area contributed by atoms with Crippen LogP contribution in [0.3, 0.4) is 0 Å². The molecule has 0 spiro atoms. The molecule has 4 aliphatic heterocycles. The van der Waals surface area contributed by atoms with E-state index in [0.717, 1.165) is 21.0 Å². The molecule has 0 aliphatic carbocycles. The second-order valence-corrected chi connectivity index (χ2v) is 14.2. The van der Waals surface area contributed by atoms with Crippen molar-refractivity contribution < 1.29 is 119 Å². The zero-order valence-corrected chi connectivity index (χ0v) is 31.4. The summed E-state index contributed by atoms with van der Waals surface area (Å²) in [7, 11) is 0.836. The Labute approximate surface area is 329 Å². The molecule has 0 unspecified atom stereocenters. The fourth-order valence-electron chi connectivity index (χ4n) is 7.20. The van der Waals surface area contributed by atoms with E-state index in [1.54, 1.807) is 0 Å². The molecule has 0 aromatic rings. The van der Waals surface area contributed by atoms with Gasteiger partial charge in [-0.05, 0) is 0 Å². The van der Waals surface area contributed by atoms with Gasteiger partial charge in [0.25, 0.3) is 5.79 Å². The fraction of sp³-hybridized carbons (Fsp3) is 0.906. The van der Waals surface area contributed by atoms with E-state index in [1.165, 1.54) is 0 Å². The highest BCUT2D eigenvalue weighted by Gasteiger charge is 2.61.